The maximum Gasteiger partial charge on any atom is 0.326 e. The Balaban J connectivity index is 4.05. The lowest BCUT2D eigenvalue weighted by Crippen LogP contribution is -2.47. The molecule has 0 spiro atoms. The van der Waals surface area contributed by atoms with Crippen LogP contribution in [0.2, 0.25) is 0 Å². The van der Waals surface area contributed by atoms with Crippen molar-refractivity contribution in [3.8, 4) is 0 Å². The number of rotatable bonds is 9. The lowest BCUT2D eigenvalue weighted by Gasteiger charge is -2.17. The first-order chi connectivity index (χ1) is 8.54. The number of aliphatic carboxylic acids is 1. The van der Waals surface area contributed by atoms with Gasteiger partial charge in [0.05, 0.1) is 0 Å². The highest BCUT2D eigenvalue weighted by atomic mass is 32.2. The third-order valence-corrected chi connectivity index (χ3v) is 3.56. The van der Waals surface area contributed by atoms with Gasteiger partial charge in [0.2, 0.25) is 0 Å². The van der Waals surface area contributed by atoms with E-state index in [4.69, 9.17) is 5.11 Å². The Kier molecular flexibility index (Phi) is 9.55. The van der Waals surface area contributed by atoms with Crippen molar-refractivity contribution in [2.24, 2.45) is 5.92 Å². The third kappa shape index (κ3) is 7.42. The van der Waals surface area contributed by atoms with E-state index in [9.17, 15) is 9.59 Å². The Morgan fingerprint density at radius 3 is 2.33 bits per heavy atom. The number of hydrogen-bond donors (Lipinski definition) is 3. The second kappa shape index (κ2) is 10.1. The largest absolute Gasteiger partial charge is 0.480 e. The molecule has 0 aromatic rings. The van der Waals surface area contributed by atoms with Crippen LogP contribution in [-0.2, 0) is 4.79 Å². The topological polar surface area (TPSA) is 78.4 Å². The number of nitrogens with one attached hydrogen (secondary N) is 2. The molecule has 0 aliphatic carbocycles. The molecule has 1 atom stereocenters. The predicted molar refractivity (Wildman–Crippen MR) is 75.0 cm³/mol. The molecule has 106 valence electrons. The molecule has 0 fully saturated rings. The van der Waals surface area contributed by atoms with E-state index in [0.29, 0.717) is 24.6 Å². The minimum Gasteiger partial charge on any atom is -0.480 e. The summed E-state index contributed by atoms with van der Waals surface area (Å²) in [6.45, 7) is 4.74. The quantitative estimate of drug-likeness (QED) is 0.601. The van der Waals surface area contributed by atoms with Crippen LogP contribution in [0, 0.1) is 5.92 Å². The smallest absolute Gasteiger partial charge is 0.326 e. The van der Waals surface area contributed by atoms with Gasteiger partial charge in [0, 0.05) is 6.54 Å². The van der Waals surface area contributed by atoms with Crippen LogP contribution in [0.1, 0.15) is 33.1 Å². The van der Waals surface area contributed by atoms with Gasteiger partial charge in [0.1, 0.15) is 6.04 Å². The molecule has 0 aromatic carbocycles. The normalized spacial score (nSPS) is 12.2. The average molecular weight is 276 g/mol. The number of thioether (sulfide) groups is 1. The average Bonchev–Trinajstić information content (AvgIpc) is 2.35. The molecule has 0 saturated heterocycles. The number of urea groups is 1. The fraction of sp³-hybridized carbons (Fsp3) is 0.833. The van der Waals surface area contributed by atoms with E-state index in [1.807, 2.05) is 6.26 Å². The molecule has 0 saturated carbocycles. The van der Waals surface area contributed by atoms with Gasteiger partial charge >= 0.3 is 12.0 Å². The Morgan fingerprint density at radius 1 is 1.28 bits per heavy atom. The first kappa shape index (κ1) is 17.1. The molecule has 0 radical (unpaired) electrons. The Bertz CT molecular complexity index is 258. The van der Waals surface area contributed by atoms with Gasteiger partial charge in [-0.1, -0.05) is 26.7 Å². The maximum atomic E-state index is 11.6. The van der Waals surface area contributed by atoms with Crippen molar-refractivity contribution in [2.75, 3.05) is 18.6 Å². The minimum atomic E-state index is -0.985. The molecule has 0 aliphatic heterocycles. The van der Waals surface area contributed by atoms with Crippen molar-refractivity contribution in [3.63, 3.8) is 0 Å². The fourth-order valence-electron chi connectivity index (χ4n) is 1.52. The van der Waals surface area contributed by atoms with Crippen LogP contribution in [0.3, 0.4) is 0 Å². The summed E-state index contributed by atoms with van der Waals surface area (Å²) in [5.74, 6) is 0.177. The van der Waals surface area contributed by atoms with Gasteiger partial charge < -0.3 is 15.7 Å². The molecule has 3 N–H and O–H groups in total. The van der Waals surface area contributed by atoms with E-state index >= 15 is 0 Å². The monoisotopic (exact) mass is 276 g/mol. The fourth-order valence-corrected chi connectivity index (χ4v) is 1.99. The van der Waals surface area contributed by atoms with E-state index in [0.717, 1.165) is 12.8 Å². The van der Waals surface area contributed by atoms with Gasteiger partial charge in [-0.3, -0.25) is 0 Å². The first-order valence-corrected chi connectivity index (χ1v) is 7.70. The zero-order valence-corrected chi connectivity index (χ0v) is 12.2. The summed E-state index contributed by atoms with van der Waals surface area (Å²) in [5, 5.41) is 14.2. The summed E-state index contributed by atoms with van der Waals surface area (Å²) in [4.78, 5) is 22.5. The molecular weight excluding hydrogens is 252 g/mol. The Hall–Kier alpha value is -0.910. The van der Waals surface area contributed by atoms with Gasteiger partial charge in [0.25, 0.3) is 0 Å². The lowest BCUT2D eigenvalue weighted by atomic mass is 10.0. The summed E-state index contributed by atoms with van der Waals surface area (Å²) < 4.78 is 0. The molecule has 0 bridgehead atoms. The summed E-state index contributed by atoms with van der Waals surface area (Å²) >= 11 is 1.56. The van der Waals surface area contributed by atoms with Crippen LogP contribution in [0.15, 0.2) is 0 Å². The summed E-state index contributed by atoms with van der Waals surface area (Å²) in [6.07, 6.45) is 4.36. The number of amides is 2. The van der Waals surface area contributed by atoms with E-state index in [-0.39, 0.29) is 0 Å². The molecule has 2 amide bonds. The van der Waals surface area contributed by atoms with E-state index < -0.39 is 18.0 Å². The molecule has 0 aromatic heterocycles. The van der Waals surface area contributed by atoms with Crippen LogP contribution >= 0.6 is 11.8 Å². The van der Waals surface area contributed by atoms with Gasteiger partial charge in [-0.15, -0.1) is 0 Å². The molecular formula is C12H24N2O3S. The molecule has 6 heteroatoms. The van der Waals surface area contributed by atoms with E-state index in [1.54, 1.807) is 11.8 Å². The predicted octanol–water partition coefficient (Wildman–Crippen LogP) is 1.93. The molecule has 1 unspecified atom stereocenters. The van der Waals surface area contributed by atoms with Crippen molar-refractivity contribution in [1.29, 1.82) is 0 Å². The molecule has 18 heavy (non-hydrogen) atoms. The van der Waals surface area contributed by atoms with Crippen LogP contribution in [0.5, 0.6) is 0 Å². The van der Waals surface area contributed by atoms with Crippen LogP contribution in [-0.4, -0.2) is 41.7 Å². The van der Waals surface area contributed by atoms with Crippen molar-refractivity contribution < 1.29 is 14.7 Å². The van der Waals surface area contributed by atoms with E-state index in [2.05, 4.69) is 24.5 Å². The molecule has 5 nitrogen and oxygen atoms in total. The summed E-state index contributed by atoms with van der Waals surface area (Å²) in [5.41, 5.74) is 0. The zero-order valence-electron chi connectivity index (χ0n) is 11.4. The number of carboxylic acid groups (broad SMARTS) is 1. The van der Waals surface area contributed by atoms with Crippen LogP contribution in [0.4, 0.5) is 4.79 Å². The minimum absolute atomic E-state index is 0.393. The number of carbonyl (C=O) groups excluding carboxylic acids is 1. The Labute approximate surface area is 113 Å². The van der Waals surface area contributed by atoms with Crippen LogP contribution < -0.4 is 10.6 Å². The number of carbonyl (C=O) groups is 2. The second-order valence-electron chi connectivity index (χ2n) is 4.21. The van der Waals surface area contributed by atoms with Gasteiger partial charge in [0.15, 0.2) is 0 Å². The molecule has 0 aliphatic rings. The van der Waals surface area contributed by atoms with Gasteiger partial charge in [-0.05, 0) is 24.3 Å². The highest BCUT2D eigenvalue weighted by Gasteiger charge is 2.19. The maximum absolute atomic E-state index is 11.6. The van der Waals surface area contributed by atoms with E-state index in [1.165, 1.54) is 0 Å². The first-order valence-electron chi connectivity index (χ1n) is 6.31. The van der Waals surface area contributed by atoms with Gasteiger partial charge in [-0.2, -0.15) is 11.8 Å². The summed E-state index contributed by atoms with van der Waals surface area (Å²) in [7, 11) is 0. The van der Waals surface area contributed by atoms with Crippen molar-refractivity contribution >= 4 is 23.8 Å². The molecule has 0 heterocycles. The Morgan fingerprint density at radius 2 is 1.89 bits per heavy atom. The highest BCUT2D eigenvalue weighted by molar-refractivity contribution is 7.98. The van der Waals surface area contributed by atoms with Crippen molar-refractivity contribution in [1.82, 2.24) is 10.6 Å². The zero-order chi connectivity index (χ0) is 14.0. The third-order valence-electron chi connectivity index (χ3n) is 2.92. The lowest BCUT2D eigenvalue weighted by molar-refractivity contribution is -0.139. The SMILES string of the molecule is CCC(CC)CNC(=O)NC(CCSC)C(=O)O. The number of carboxylic acids is 1. The van der Waals surface area contributed by atoms with Crippen LogP contribution in [0.25, 0.3) is 0 Å². The van der Waals surface area contributed by atoms with Gasteiger partial charge in [-0.25, -0.2) is 9.59 Å². The van der Waals surface area contributed by atoms with Crippen molar-refractivity contribution in [3.05, 3.63) is 0 Å². The second-order valence-corrected chi connectivity index (χ2v) is 5.19. The standard InChI is InChI=1S/C12H24N2O3S/c1-4-9(5-2)8-13-12(17)14-10(11(15)16)6-7-18-3/h9-10H,4-8H2,1-3H3,(H,15,16)(H2,13,14,17). The summed E-state index contributed by atoms with van der Waals surface area (Å²) in [6, 6.07) is -1.20. The highest BCUT2D eigenvalue weighted by Crippen LogP contribution is 2.05. The number of hydrogen-bond acceptors (Lipinski definition) is 3. The molecule has 0 rings (SSSR count). The van der Waals surface area contributed by atoms with Crippen molar-refractivity contribution in [2.45, 2.75) is 39.2 Å².